The summed E-state index contributed by atoms with van der Waals surface area (Å²) in [6.45, 7) is 0.199. The van der Waals surface area contributed by atoms with Crippen molar-refractivity contribution < 1.29 is 18.3 Å². The van der Waals surface area contributed by atoms with Crippen molar-refractivity contribution in [2.75, 3.05) is 20.3 Å². The molecule has 8 heteroatoms. The molecule has 0 aromatic heterocycles. The predicted octanol–water partition coefficient (Wildman–Crippen LogP) is 2.26. The van der Waals surface area contributed by atoms with Crippen LogP contribution in [0.1, 0.15) is 12.8 Å². The van der Waals surface area contributed by atoms with Gasteiger partial charge in [-0.15, -0.1) is 0 Å². The Hall–Kier alpha value is -0.340. The molecular weight excluding hydrogens is 370 g/mol. The molecule has 0 aliphatic carbocycles. The van der Waals surface area contributed by atoms with Gasteiger partial charge >= 0.3 is 0 Å². The number of hydrogen-bond donors (Lipinski definition) is 1. The molecule has 0 spiro atoms. The van der Waals surface area contributed by atoms with Crippen molar-refractivity contribution in [2.24, 2.45) is 0 Å². The predicted molar refractivity (Wildman–Crippen MR) is 79.7 cm³/mol. The molecule has 1 atom stereocenters. The van der Waals surface area contributed by atoms with Gasteiger partial charge in [-0.05, 0) is 40.9 Å². The maximum Gasteiger partial charge on any atom is 0.247 e. The third kappa shape index (κ3) is 2.82. The number of sulfonamides is 1. The van der Waals surface area contributed by atoms with Gasteiger partial charge in [-0.2, -0.15) is 4.31 Å². The SMILES string of the molecule is COc1c(Br)cc(Cl)cc1S(=O)(=O)N1CCC[C@H]1CO. The van der Waals surface area contributed by atoms with E-state index in [1.807, 2.05) is 0 Å². The summed E-state index contributed by atoms with van der Waals surface area (Å²) in [7, 11) is -2.35. The maximum atomic E-state index is 12.7. The first kappa shape index (κ1) is 16.0. The van der Waals surface area contributed by atoms with Crippen molar-refractivity contribution >= 4 is 37.6 Å². The monoisotopic (exact) mass is 383 g/mol. The molecule has 20 heavy (non-hydrogen) atoms. The Bertz CT molecular complexity index is 608. The Morgan fingerprint density at radius 2 is 2.25 bits per heavy atom. The normalized spacial score (nSPS) is 20.3. The summed E-state index contributed by atoms with van der Waals surface area (Å²) in [6.07, 6.45) is 1.38. The molecule has 0 saturated carbocycles. The molecule has 1 heterocycles. The van der Waals surface area contributed by atoms with Gasteiger partial charge in [0.05, 0.1) is 18.2 Å². The van der Waals surface area contributed by atoms with E-state index in [9.17, 15) is 13.5 Å². The number of ether oxygens (including phenoxy) is 1. The van der Waals surface area contributed by atoms with Crippen molar-refractivity contribution in [3.63, 3.8) is 0 Å². The Morgan fingerprint density at radius 1 is 1.55 bits per heavy atom. The Kier molecular flexibility index (Phi) is 4.96. The number of benzene rings is 1. The van der Waals surface area contributed by atoms with Gasteiger partial charge in [0.2, 0.25) is 10.0 Å². The zero-order valence-corrected chi connectivity index (χ0v) is 14.0. The van der Waals surface area contributed by atoms with E-state index in [1.165, 1.54) is 17.5 Å². The van der Waals surface area contributed by atoms with Crippen LogP contribution < -0.4 is 4.74 Å². The molecule has 0 amide bonds. The summed E-state index contributed by atoms with van der Waals surface area (Å²) < 4.78 is 32.4. The highest BCUT2D eigenvalue weighted by Crippen LogP contribution is 2.38. The van der Waals surface area contributed by atoms with Gasteiger partial charge in [-0.3, -0.25) is 0 Å². The minimum atomic E-state index is -3.75. The van der Waals surface area contributed by atoms with Gasteiger partial charge < -0.3 is 9.84 Å². The highest BCUT2D eigenvalue weighted by atomic mass is 79.9. The lowest BCUT2D eigenvalue weighted by Crippen LogP contribution is -2.37. The fourth-order valence-corrected chi connectivity index (χ4v) is 5.42. The van der Waals surface area contributed by atoms with Crippen LogP contribution in [0.2, 0.25) is 5.02 Å². The quantitative estimate of drug-likeness (QED) is 0.864. The molecule has 1 aromatic rings. The lowest BCUT2D eigenvalue weighted by atomic mass is 10.2. The van der Waals surface area contributed by atoms with E-state index < -0.39 is 10.0 Å². The first-order valence-corrected chi connectivity index (χ1v) is 8.68. The molecule has 0 radical (unpaired) electrons. The second-order valence-electron chi connectivity index (χ2n) is 4.51. The van der Waals surface area contributed by atoms with Crippen LogP contribution in [-0.2, 0) is 10.0 Å². The summed E-state index contributed by atoms with van der Waals surface area (Å²) >= 11 is 9.19. The zero-order valence-electron chi connectivity index (χ0n) is 10.8. The van der Waals surface area contributed by atoms with Gasteiger partial charge in [0.25, 0.3) is 0 Å². The minimum absolute atomic E-state index is 0.0136. The summed E-state index contributed by atoms with van der Waals surface area (Å²) in [5, 5.41) is 9.61. The average molecular weight is 385 g/mol. The van der Waals surface area contributed by atoms with Crippen LogP contribution in [0.4, 0.5) is 0 Å². The van der Waals surface area contributed by atoms with E-state index in [4.69, 9.17) is 16.3 Å². The molecule has 112 valence electrons. The topological polar surface area (TPSA) is 66.8 Å². The molecule has 2 rings (SSSR count). The van der Waals surface area contributed by atoms with E-state index in [1.54, 1.807) is 6.07 Å². The van der Waals surface area contributed by atoms with Gasteiger partial charge in [-0.1, -0.05) is 11.6 Å². The Labute approximate surface area is 131 Å². The van der Waals surface area contributed by atoms with E-state index in [2.05, 4.69) is 15.9 Å². The third-order valence-electron chi connectivity index (χ3n) is 3.30. The van der Waals surface area contributed by atoms with Crippen LogP contribution in [0.5, 0.6) is 5.75 Å². The van der Waals surface area contributed by atoms with E-state index in [0.29, 0.717) is 22.5 Å². The van der Waals surface area contributed by atoms with Gasteiger partial charge in [-0.25, -0.2) is 8.42 Å². The summed E-state index contributed by atoms with van der Waals surface area (Å²) in [5.74, 6) is 0.220. The number of hydrogen-bond acceptors (Lipinski definition) is 4. The first-order chi connectivity index (χ1) is 9.41. The van der Waals surface area contributed by atoms with Crippen LogP contribution in [0, 0.1) is 0 Å². The van der Waals surface area contributed by atoms with Crippen molar-refractivity contribution in [2.45, 2.75) is 23.8 Å². The molecule has 1 aliphatic rings. The van der Waals surface area contributed by atoms with Crippen LogP contribution >= 0.6 is 27.5 Å². The van der Waals surface area contributed by atoms with Crippen LogP contribution in [0.15, 0.2) is 21.5 Å². The lowest BCUT2D eigenvalue weighted by Gasteiger charge is -2.23. The number of nitrogens with zero attached hydrogens (tertiary/aromatic N) is 1. The minimum Gasteiger partial charge on any atom is -0.494 e. The number of rotatable bonds is 4. The smallest absolute Gasteiger partial charge is 0.247 e. The van der Waals surface area contributed by atoms with E-state index in [-0.39, 0.29) is 23.3 Å². The molecule has 1 aromatic carbocycles. The van der Waals surface area contributed by atoms with Crippen molar-refractivity contribution in [1.29, 1.82) is 0 Å². The lowest BCUT2D eigenvalue weighted by molar-refractivity contribution is 0.213. The van der Waals surface area contributed by atoms with Gasteiger partial charge in [0, 0.05) is 17.6 Å². The highest BCUT2D eigenvalue weighted by Gasteiger charge is 2.37. The van der Waals surface area contributed by atoms with Crippen molar-refractivity contribution in [3.8, 4) is 5.75 Å². The summed E-state index contributed by atoms with van der Waals surface area (Å²) in [5.41, 5.74) is 0. The van der Waals surface area contributed by atoms with Crippen molar-refractivity contribution in [3.05, 3.63) is 21.6 Å². The molecule has 0 bridgehead atoms. The van der Waals surface area contributed by atoms with Crippen LogP contribution in [-0.4, -0.2) is 44.1 Å². The molecule has 1 fully saturated rings. The average Bonchev–Trinajstić information content (AvgIpc) is 2.86. The van der Waals surface area contributed by atoms with Crippen LogP contribution in [0.3, 0.4) is 0 Å². The molecule has 1 N–H and O–H groups in total. The van der Waals surface area contributed by atoms with Crippen LogP contribution in [0.25, 0.3) is 0 Å². The second kappa shape index (κ2) is 6.19. The standard InChI is InChI=1S/C12H15BrClNO4S/c1-19-12-10(13)5-8(14)6-11(12)20(17,18)15-4-2-3-9(15)7-16/h5-6,9,16H,2-4,7H2,1H3/t9-/m0/s1. The molecular formula is C12H15BrClNO4S. The van der Waals surface area contributed by atoms with Gasteiger partial charge in [0.15, 0.2) is 5.75 Å². The molecule has 1 saturated heterocycles. The Balaban J connectivity index is 2.54. The first-order valence-electron chi connectivity index (χ1n) is 6.07. The number of methoxy groups -OCH3 is 1. The number of halogens is 2. The van der Waals surface area contributed by atoms with Crippen molar-refractivity contribution in [1.82, 2.24) is 4.31 Å². The summed E-state index contributed by atoms with van der Waals surface area (Å²) in [6, 6.07) is 2.56. The fourth-order valence-electron chi connectivity index (χ4n) is 2.36. The highest BCUT2D eigenvalue weighted by molar-refractivity contribution is 9.10. The molecule has 5 nitrogen and oxygen atoms in total. The zero-order chi connectivity index (χ0) is 14.9. The number of aliphatic hydroxyl groups excluding tert-OH is 1. The van der Waals surface area contributed by atoms with Gasteiger partial charge in [0.1, 0.15) is 4.90 Å². The molecule has 0 unspecified atom stereocenters. The van der Waals surface area contributed by atoms with E-state index >= 15 is 0 Å². The number of aliphatic hydroxyl groups is 1. The van der Waals surface area contributed by atoms with E-state index in [0.717, 1.165) is 6.42 Å². The third-order valence-corrected chi connectivity index (χ3v) is 6.06. The molecule has 1 aliphatic heterocycles. The fraction of sp³-hybridized carbons (Fsp3) is 0.500. The Morgan fingerprint density at radius 3 is 2.85 bits per heavy atom. The largest absolute Gasteiger partial charge is 0.494 e. The second-order valence-corrected chi connectivity index (χ2v) is 7.66. The maximum absolute atomic E-state index is 12.7. The summed E-state index contributed by atoms with van der Waals surface area (Å²) in [4.78, 5) is 0.0136.